The summed E-state index contributed by atoms with van der Waals surface area (Å²) in [5.74, 6) is 0. The lowest BCUT2D eigenvalue weighted by molar-refractivity contribution is 0.112. The number of benzene rings is 1. The molecule has 2 heteroatoms. The predicted octanol–water partition coefficient (Wildman–Crippen LogP) is 2.72. The molecule has 1 aromatic carbocycles. The second kappa shape index (κ2) is 3.34. The van der Waals surface area contributed by atoms with Crippen LogP contribution in [-0.4, -0.2) is 6.29 Å². The van der Waals surface area contributed by atoms with E-state index in [2.05, 4.69) is 22.6 Å². The van der Waals surface area contributed by atoms with E-state index in [0.717, 1.165) is 15.4 Å². The smallest absolute Gasteiger partial charge is 0.151 e. The number of carbonyl (C=O) groups excluding carboxylic acids is 1. The summed E-state index contributed by atoms with van der Waals surface area (Å²) in [4.78, 5) is 10.5. The highest BCUT2D eigenvalue weighted by Crippen LogP contribution is 2.18. The zero-order chi connectivity index (χ0) is 8.43. The lowest BCUT2D eigenvalue weighted by atomic mass is 10.1. The van der Waals surface area contributed by atoms with E-state index in [1.54, 1.807) is 0 Å². The van der Waals surface area contributed by atoms with Crippen molar-refractivity contribution in [1.82, 2.24) is 0 Å². The molecule has 0 saturated carbocycles. The van der Waals surface area contributed by atoms with E-state index in [9.17, 15) is 4.79 Å². The van der Waals surface area contributed by atoms with Crippen LogP contribution in [0.15, 0.2) is 12.1 Å². The highest BCUT2D eigenvalue weighted by Gasteiger charge is 2.02. The van der Waals surface area contributed by atoms with E-state index in [1.165, 1.54) is 11.1 Å². The summed E-state index contributed by atoms with van der Waals surface area (Å²) in [5.41, 5.74) is 3.23. The van der Waals surface area contributed by atoms with Gasteiger partial charge in [-0.3, -0.25) is 4.79 Å². The Kier molecular flexibility index (Phi) is 2.65. The first-order valence-corrected chi connectivity index (χ1v) is 4.45. The second-order valence-electron chi connectivity index (χ2n) is 2.53. The third-order valence-corrected chi connectivity index (χ3v) is 3.25. The number of rotatable bonds is 1. The van der Waals surface area contributed by atoms with Gasteiger partial charge in [0.05, 0.1) is 0 Å². The minimum absolute atomic E-state index is 0.786. The van der Waals surface area contributed by atoms with Gasteiger partial charge in [-0.25, -0.2) is 0 Å². The van der Waals surface area contributed by atoms with Gasteiger partial charge in [0.15, 0.2) is 6.29 Å². The molecule has 0 fully saturated rings. The minimum Gasteiger partial charge on any atom is -0.298 e. The van der Waals surface area contributed by atoms with Gasteiger partial charge < -0.3 is 0 Å². The normalized spacial score (nSPS) is 9.73. The van der Waals surface area contributed by atoms with Crippen molar-refractivity contribution in [3.05, 3.63) is 32.4 Å². The maximum Gasteiger partial charge on any atom is 0.151 e. The van der Waals surface area contributed by atoms with Gasteiger partial charge >= 0.3 is 0 Å². The summed E-state index contributed by atoms with van der Waals surface area (Å²) in [5, 5.41) is 0. The fourth-order valence-corrected chi connectivity index (χ4v) is 1.63. The van der Waals surface area contributed by atoms with Gasteiger partial charge in [0, 0.05) is 9.13 Å². The summed E-state index contributed by atoms with van der Waals surface area (Å²) in [6.45, 7) is 4.08. The zero-order valence-corrected chi connectivity index (χ0v) is 8.68. The molecule has 0 amide bonds. The van der Waals surface area contributed by atoms with Crippen molar-refractivity contribution in [3.8, 4) is 0 Å². The summed E-state index contributed by atoms with van der Waals surface area (Å²) in [6, 6.07) is 3.83. The molecule has 1 rings (SSSR count). The van der Waals surface area contributed by atoms with Gasteiger partial charge in [0.25, 0.3) is 0 Å². The topological polar surface area (TPSA) is 17.1 Å². The fourth-order valence-electron chi connectivity index (χ4n) is 0.894. The van der Waals surface area contributed by atoms with Crippen molar-refractivity contribution < 1.29 is 4.79 Å². The summed E-state index contributed by atoms with van der Waals surface area (Å²) in [6.07, 6.45) is 0.897. The number of hydrogen-bond acceptors (Lipinski definition) is 1. The average Bonchev–Trinajstić information content (AvgIpc) is 2.01. The van der Waals surface area contributed by atoms with Crippen molar-refractivity contribution in [2.45, 2.75) is 13.8 Å². The van der Waals surface area contributed by atoms with Crippen LogP contribution in [0.1, 0.15) is 21.5 Å². The number of halogens is 1. The summed E-state index contributed by atoms with van der Waals surface area (Å²) in [7, 11) is 0. The van der Waals surface area contributed by atoms with Gasteiger partial charge in [0.1, 0.15) is 0 Å². The zero-order valence-electron chi connectivity index (χ0n) is 6.52. The molecule has 0 aromatic heterocycles. The Morgan fingerprint density at radius 1 is 1.36 bits per heavy atom. The third-order valence-electron chi connectivity index (χ3n) is 1.81. The summed E-state index contributed by atoms with van der Waals surface area (Å²) >= 11 is 2.20. The van der Waals surface area contributed by atoms with Crippen molar-refractivity contribution in [1.29, 1.82) is 0 Å². The molecule has 0 radical (unpaired) electrons. The monoisotopic (exact) mass is 260 g/mol. The van der Waals surface area contributed by atoms with Crippen LogP contribution >= 0.6 is 22.6 Å². The first-order valence-electron chi connectivity index (χ1n) is 3.37. The van der Waals surface area contributed by atoms with E-state index < -0.39 is 0 Å². The lowest BCUT2D eigenvalue weighted by Crippen LogP contribution is -1.92. The molecule has 0 aliphatic heterocycles. The van der Waals surface area contributed by atoms with Crippen molar-refractivity contribution in [2.75, 3.05) is 0 Å². The quantitative estimate of drug-likeness (QED) is 0.560. The van der Waals surface area contributed by atoms with Crippen molar-refractivity contribution >= 4 is 28.9 Å². The lowest BCUT2D eigenvalue weighted by Gasteiger charge is -2.03. The Bertz CT molecular complexity index is 292. The van der Waals surface area contributed by atoms with E-state index in [-0.39, 0.29) is 0 Å². The first-order chi connectivity index (χ1) is 5.16. The maximum atomic E-state index is 10.5. The van der Waals surface area contributed by atoms with Crippen LogP contribution in [0.5, 0.6) is 0 Å². The number of carbonyl (C=O) groups is 1. The van der Waals surface area contributed by atoms with E-state index in [0.29, 0.717) is 0 Å². The molecule has 0 N–H and O–H groups in total. The molecule has 0 saturated heterocycles. The molecular weight excluding hydrogens is 251 g/mol. The Labute approximate surface area is 79.9 Å². The number of hydrogen-bond donors (Lipinski definition) is 0. The highest BCUT2D eigenvalue weighted by atomic mass is 127. The molecule has 0 heterocycles. The molecule has 0 atom stereocenters. The van der Waals surface area contributed by atoms with Crippen molar-refractivity contribution in [2.24, 2.45) is 0 Å². The van der Waals surface area contributed by atoms with Gasteiger partial charge in [-0.05, 0) is 47.6 Å². The van der Waals surface area contributed by atoms with Crippen LogP contribution in [0.2, 0.25) is 0 Å². The molecule has 0 unspecified atom stereocenters. The molecule has 0 aliphatic carbocycles. The predicted molar refractivity (Wildman–Crippen MR) is 54.0 cm³/mol. The van der Waals surface area contributed by atoms with Crippen LogP contribution in [0.25, 0.3) is 0 Å². The largest absolute Gasteiger partial charge is 0.298 e. The second-order valence-corrected chi connectivity index (χ2v) is 3.61. The Hall–Kier alpha value is -0.380. The van der Waals surface area contributed by atoms with Gasteiger partial charge in [-0.2, -0.15) is 0 Å². The highest BCUT2D eigenvalue weighted by molar-refractivity contribution is 14.1. The summed E-state index contributed by atoms with van der Waals surface area (Å²) < 4.78 is 1.07. The molecule has 0 spiro atoms. The maximum absolute atomic E-state index is 10.5. The Balaban J connectivity index is 3.36. The fraction of sp³-hybridized carbons (Fsp3) is 0.222. The number of aryl methyl sites for hydroxylation is 1. The van der Waals surface area contributed by atoms with Gasteiger partial charge in [0.2, 0.25) is 0 Å². The molecule has 58 valence electrons. The molecule has 1 nitrogen and oxygen atoms in total. The average molecular weight is 260 g/mol. The molecular formula is C9H9IO. The third kappa shape index (κ3) is 1.61. The van der Waals surface area contributed by atoms with Crippen LogP contribution in [-0.2, 0) is 0 Å². The minimum atomic E-state index is 0.786. The molecule has 1 aromatic rings. The number of aldehydes is 1. The standard InChI is InChI=1S/C9H9IO/c1-6-3-4-8(5-11)9(10)7(6)2/h3-5H,1-2H3. The van der Waals surface area contributed by atoms with Crippen LogP contribution in [0.4, 0.5) is 0 Å². The van der Waals surface area contributed by atoms with Crippen LogP contribution in [0.3, 0.4) is 0 Å². The van der Waals surface area contributed by atoms with E-state index in [4.69, 9.17) is 0 Å². The van der Waals surface area contributed by atoms with Crippen molar-refractivity contribution in [3.63, 3.8) is 0 Å². The first kappa shape index (κ1) is 8.71. The van der Waals surface area contributed by atoms with Crippen LogP contribution in [0, 0.1) is 17.4 Å². The molecule has 0 aliphatic rings. The Morgan fingerprint density at radius 3 is 2.55 bits per heavy atom. The van der Waals surface area contributed by atoms with Gasteiger partial charge in [-0.1, -0.05) is 12.1 Å². The Morgan fingerprint density at radius 2 is 2.00 bits per heavy atom. The molecule has 11 heavy (non-hydrogen) atoms. The van der Waals surface area contributed by atoms with Crippen LogP contribution < -0.4 is 0 Å². The molecule has 0 bridgehead atoms. The van der Waals surface area contributed by atoms with Gasteiger partial charge in [-0.15, -0.1) is 0 Å². The van der Waals surface area contributed by atoms with E-state index >= 15 is 0 Å². The van der Waals surface area contributed by atoms with E-state index in [1.807, 2.05) is 26.0 Å². The SMILES string of the molecule is Cc1ccc(C=O)c(I)c1C.